The third kappa shape index (κ3) is 6.57. The molecule has 29 heavy (non-hydrogen) atoms. The number of rotatable bonds is 8. The maximum absolute atomic E-state index is 12.4. The predicted molar refractivity (Wildman–Crippen MR) is 109 cm³/mol. The van der Waals surface area contributed by atoms with Crippen LogP contribution < -0.4 is 10.6 Å². The molecule has 0 aliphatic heterocycles. The summed E-state index contributed by atoms with van der Waals surface area (Å²) in [5.74, 6) is -1.88. The molecule has 0 aliphatic rings. The smallest absolute Gasteiger partial charge is 0.329 e. The lowest BCUT2D eigenvalue weighted by molar-refractivity contribution is -0.146. The third-order valence-electron chi connectivity index (χ3n) is 4.12. The molecule has 1 atom stereocenters. The molecule has 2 aromatic carbocycles. The van der Waals surface area contributed by atoms with Gasteiger partial charge in [-0.15, -0.1) is 0 Å². The van der Waals surface area contributed by atoms with Crippen molar-refractivity contribution in [3.05, 3.63) is 65.7 Å². The fourth-order valence-electron chi connectivity index (χ4n) is 2.56. The SMILES string of the molecule is CC(=O)Nc1ccc(C(=O)COC(=O)C(NC(=O)c2ccccc2)C(C)C)cc1. The van der Waals surface area contributed by atoms with Gasteiger partial charge in [0.05, 0.1) is 0 Å². The van der Waals surface area contributed by atoms with E-state index >= 15 is 0 Å². The zero-order valence-corrected chi connectivity index (χ0v) is 16.6. The summed E-state index contributed by atoms with van der Waals surface area (Å²) in [6.07, 6.45) is 0. The zero-order chi connectivity index (χ0) is 21.4. The molecule has 7 heteroatoms. The number of Topliss-reactive ketones (excluding diaryl/α,β-unsaturated/α-hetero) is 1. The van der Waals surface area contributed by atoms with Crippen molar-refractivity contribution in [1.29, 1.82) is 0 Å². The molecule has 0 radical (unpaired) electrons. The van der Waals surface area contributed by atoms with Crippen molar-refractivity contribution < 1.29 is 23.9 Å². The summed E-state index contributed by atoms with van der Waals surface area (Å²) in [6.45, 7) is 4.50. The molecule has 152 valence electrons. The van der Waals surface area contributed by atoms with Crippen LogP contribution in [0.1, 0.15) is 41.5 Å². The summed E-state index contributed by atoms with van der Waals surface area (Å²) in [6, 6.07) is 13.9. The summed E-state index contributed by atoms with van der Waals surface area (Å²) in [5.41, 5.74) is 1.34. The van der Waals surface area contributed by atoms with E-state index in [0.29, 0.717) is 16.8 Å². The molecule has 0 spiro atoms. The Morgan fingerprint density at radius 1 is 0.897 bits per heavy atom. The molecule has 0 saturated carbocycles. The van der Waals surface area contributed by atoms with Gasteiger partial charge in [-0.3, -0.25) is 14.4 Å². The molecular formula is C22H24N2O5. The molecule has 0 aromatic heterocycles. The van der Waals surface area contributed by atoms with Gasteiger partial charge in [0.15, 0.2) is 12.4 Å². The van der Waals surface area contributed by atoms with E-state index in [2.05, 4.69) is 10.6 Å². The Hall–Kier alpha value is -3.48. The number of esters is 1. The highest BCUT2D eigenvalue weighted by atomic mass is 16.5. The van der Waals surface area contributed by atoms with Crippen LogP contribution in [-0.2, 0) is 14.3 Å². The highest BCUT2D eigenvalue weighted by molar-refractivity contribution is 6.00. The van der Waals surface area contributed by atoms with E-state index in [9.17, 15) is 19.2 Å². The fraction of sp³-hybridized carbons (Fsp3) is 0.273. The van der Waals surface area contributed by atoms with Gasteiger partial charge < -0.3 is 15.4 Å². The number of hydrogen-bond donors (Lipinski definition) is 2. The Kier molecular flexibility index (Phi) is 7.65. The lowest BCUT2D eigenvalue weighted by Gasteiger charge is -2.20. The third-order valence-corrected chi connectivity index (χ3v) is 4.12. The van der Waals surface area contributed by atoms with E-state index in [4.69, 9.17) is 4.74 Å². The van der Waals surface area contributed by atoms with E-state index in [-0.39, 0.29) is 23.5 Å². The first kappa shape index (κ1) is 21.8. The first-order valence-electron chi connectivity index (χ1n) is 9.21. The molecule has 1 unspecified atom stereocenters. The Balaban J connectivity index is 1.95. The Morgan fingerprint density at radius 3 is 2.07 bits per heavy atom. The second-order valence-electron chi connectivity index (χ2n) is 6.85. The highest BCUT2D eigenvalue weighted by Gasteiger charge is 2.26. The average Bonchev–Trinajstić information content (AvgIpc) is 2.70. The number of benzene rings is 2. The second kappa shape index (κ2) is 10.2. The number of hydrogen-bond acceptors (Lipinski definition) is 5. The van der Waals surface area contributed by atoms with E-state index in [1.807, 2.05) is 0 Å². The predicted octanol–water partition coefficient (Wildman–Crippen LogP) is 2.83. The minimum atomic E-state index is -0.877. The molecule has 2 N–H and O–H groups in total. The van der Waals surface area contributed by atoms with Gasteiger partial charge in [0.25, 0.3) is 5.91 Å². The molecule has 0 saturated heterocycles. The van der Waals surface area contributed by atoms with Crippen molar-refractivity contribution >= 4 is 29.3 Å². The molecular weight excluding hydrogens is 372 g/mol. The molecule has 0 fully saturated rings. The van der Waals surface area contributed by atoms with Crippen LogP contribution in [0.4, 0.5) is 5.69 Å². The molecule has 0 aliphatic carbocycles. The number of carbonyl (C=O) groups excluding carboxylic acids is 4. The summed E-state index contributed by atoms with van der Waals surface area (Å²) >= 11 is 0. The van der Waals surface area contributed by atoms with Gasteiger partial charge in [-0.2, -0.15) is 0 Å². The lowest BCUT2D eigenvalue weighted by atomic mass is 10.0. The van der Waals surface area contributed by atoms with Gasteiger partial charge in [-0.25, -0.2) is 4.79 Å². The van der Waals surface area contributed by atoms with Crippen LogP contribution in [0.25, 0.3) is 0 Å². The lowest BCUT2D eigenvalue weighted by Crippen LogP contribution is -2.45. The van der Waals surface area contributed by atoms with Gasteiger partial charge in [-0.1, -0.05) is 32.0 Å². The van der Waals surface area contributed by atoms with Crippen molar-refractivity contribution in [3.8, 4) is 0 Å². The van der Waals surface area contributed by atoms with Crippen molar-refractivity contribution in [1.82, 2.24) is 5.32 Å². The van der Waals surface area contributed by atoms with Crippen molar-refractivity contribution in [2.24, 2.45) is 5.92 Å². The zero-order valence-electron chi connectivity index (χ0n) is 16.6. The van der Waals surface area contributed by atoms with E-state index in [1.165, 1.54) is 6.92 Å². The molecule has 0 bridgehead atoms. The van der Waals surface area contributed by atoms with Crippen LogP contribution in [0.3, 0.4) is 0 Å². The van der Waals surface area contributed by atoms with Crippen molar-refractivity contribution in [2.45, 2.75) is 26.8 Å². The number of nitrogens with one attached hydrogen (secondary N) is 2. The summed E-state index contributed by atoms with van der Waals surface area (Å²) in [7, 11) is 0. The Bertz CT molecular complexity index is 876. The van der Waals surface area contributed by atoms with Crippen LogP contribution in [0.2, 0.25) is 0 Å². The maximum Gasteiger partial charge on any atom is 0.329 e. The first-order chi connectivity index (χ1) is 13.8. The standard InChI is InChI=1S/C22H24N2O5/c1-14(2)20(24-21(27)17-7-5-4-6-8-17)22(28)29-13-19(26)16-9-11-18(12-10-16)23-15(3)25/h4-12,14,20H,13H2,1-3H3,(H,23,25)(H,24,27). The fourth-order valence-corrected chi connectivity index (χ4v) is 2.56. The minimum Gasteiger partial charge on any atom is -0.456 e. The monoisotopic (exact) mass is 396 g/mol. The van der Waals surface area contributed by atoms with Gasteiger partial charge >= 0.3 is 5.97 Å². The quantitative estimate of drug-likeness (QED) is 0.528. The van der Waals surface area contributed by atoms with E-state index in [1.54, 1.807) is 68.4 Å². The topological polar surface area (TPSA) is 102 Å². The number of anilines is 1. The van der Waals surface area contributed by atoms with Gasteiger partial charge in [0, 0.05) is 23.7 Å². The van der Waals surface area contributed by atoms with Crippen molar-refractivity contribution in [2.75, 3.05) is 11.9 Å². The average molecular weight is 396 g/mol. The normalized spacial score (nSPS) is 11.4. The molecule has 2 rings (SSSR count). The molecule has 0 heterocycles. The number of amides is 2. The van der Waals surface area contributed by atoms with Crippen LogP contribution in [0.15, 0.2) is 54.6 Å². The minimum absolute atomic E-state index is 0.213. The summed E-state index contributed by atoms with van der Waals surface area (Å²) in [5, 5.41) is 5.26. The summed E-state index contributed by atoms with van der Waals surface area (Å²) in [4.78, 5) is 48.0. The van der Waals surface area contributed by atoms with Crippen LogP contribution in [0, 0.1) is 5.92 Å². The number of carbonyl (C=O) groups is 4. The van der Waals surface area contributed by atoms with Crippen LogP contribution in [0.5, 0.6) is 0 Å². The van der Waals surface area contributed by atoms with Crippen LogP contribution in [-0.4, -0.2) is 36.2 Å². The summed E-state index contributed by atoms with van der Waals surface area (Å²) < 4.78 is 5.14. The van der Waals surface area contributed by atoms with Gasteiger partial charge in [0.2, 0.25) is 5.91 Å². The second-order valence-corrected chi connectivity index (χ2v) is 6.85. The number of ether oxygens (including phenoxy) is 1. The van der Waals surface area contributed by atoms with Gasteiger partial charge in [-0.05, 0) is 42.3 Å². The maximum atomic E-state index is 12.4. The van der Waals surface area contributed by atoms with Gasteiger partial charge in [0.1, 0.15) is 6.04 Å². The molecule has 2 amide bonds. The molecule has 2 aromatic rings. The van der Waals surface area contributed by atoms with E-state index in [0.717, 1.165) is 0 Å². The van der Waals surface area contributed by atoms with Crippen molar-refractivity contribution in [3.63, 3.8) is 0 Å². The van der Waals surface area contributed by atoms with Crippen LogP contribution >= 0.6 is 0 Å². The Morgan fingerprint density at radius 2 is 1.52 bits per heavy atom. The number of ketones is 1. The Labute approximate surface area is 169 Å². The first-order valence-corrected chi connectivity index (χ1v) is 9.21. The highest BCUT2D eigenvalue weighted by Crippen LogP contribution is 2.11. The van der Waals surface area contributed by atoms with E-state index < -0.39 is 18.6 Å². The largest absolute Gasteiger partial charge is 0.456 e. The molecule has 7 nitrogen and oxygen atoms in total.